The Hall–Kier alpha value is -1.76. The van der Waals surface area contributed by atoms with Crippen LogP contribution in [0.25, 0.3) is 21.8 Å². The van der Waals surface area contributed by atoms with Crippen molar-refractivity contribution < 1.29 is 0 Å². The van der Waals surface area contributed by atoms with Gasteiger partial charge in [0.25, 0.3) is 0 Å². The molecule has 0 fully saturated rings. The molecule has 1 aromatic heterocycles. The average molecular weight is 378 g/mol. The smallest absolute Gasteiger partial charge is 0.0494 e. The van der Waals surface area contributed by atoms with Gasteiger partial charge in [0.2, 0.25) is 0 Å². The summed E-state index contributed by atoms with van der Waals surface area (Å²) in [4.78, 5) is 0. The van der Waals surface area contributed by atoms with E-state index < -0.39 is 0 Å². The summed E-state index contributed by atoms with van der Waals surface area (Å²) in [5.74, 6) is 0. The Kier molecular flexibility index (Phi) is 6.22. The molecule has 3 rings (SSSR count). The molecule has 152 valence electrons. The van der Waals surface area contributed by atoms with Crippen molar-refractivity contribution in [2.75, 3.05) is 0 Å². The highest BCUT2D eigenvalue weighted by atomic mass is 15.0. The van der Waals surface area contributed by atoms with Gasteiger partial charge in [-0.05, 0) is 42.2 Å². The van der Waals surface area contributed by atoms with Gasteiger partial charge >= 0.3 is 0 Å². The van der Waals surface area contributed by atoms with Crippen molar-refractivity contribution in [1.82, 2.24) is 4.57 Å². The highest BCUT2D eigenvalue weighted by Gasteiger charge is 2.36. The number of unbranched alkanes of at least 4 members (excludes halogenated alkanes) is 1. The molecule has 0 saturated carbocycles. The van der Waals surface area contributed by atoms with E-state index in [9.17, 15) is 0 Å². The van der Waals surface area contributed by atoms with Gasteiger partial charge in [0.1, 0.15) is 0 Å². The van der Waals surface area contributed by atoms with Gasteiger partial charge < -0.3 is 4.57 Å². The summed E-state index contributed by atoms with van der Waals surface area (Å²) in [5, 5.41) is 2.78. The summed E-state index contributed by atoms with van der Waals surface area (Å²) in [6.45, 7) is 14.6. The fourth-order valence-corrected chi connectivity index (χ4v) is 5.10. The molecule has 0 spiro atoms. The largest absolute Gasteiger partial charge is 0.337 e. The molecular weight excluding hydrogens is 338 g/mol. The first kappa shape index (κ1) is 21.0. The Morgan fingerprint density at radius 2 is 1.29 bits per heavy atom. The molecule has 1 heterocycles. The number of rotatable bonds is 9. The lowest BCUT2D eigenvalue weighted by atomic mass is 9.71. The molecule has 0 aliphatic rings. The van der Waals surface area contributed by atoms with Crippen LogP contribution in [0, 0.1) is 10.8 Å². The van der Waals surface area contributed by atoms with E-state index in [1.54, 1.807) is 0 Å². The second kappa shape index (κ2) is 8.31. The summed E-state index contributed by atoms with van der Waals surface area (Å²) in [7, 11) is 0. The lowest BCUT2D eigenvalue weighted by molar-refractivity contribution is 0.133. The highest BCUT2D eigenvalue weighted by molar-refractivity contribution is 6.08. The zero-order chi connectivity index (χ0) is 20.4. The zero-order valence-electron chi connectivity index (χ0n) is 18.9. The van der Waals surface area contributed by atoms with Gasteiger partial charge in [-0.15, -0.1) is 0 Å². The number of nitrogens with zero attached hydrogens (tertiary/aromatic N) is 1. The summed E-state index contributed by atoms with van der Waals surface area (Å²) < 4.78 is 2.69. The van der Waals surface area contributed by atoms with Gasteiger partial charge in [-0.3, -0.25) is 0 Å². The molecule has 0 amide bonds. The molecule has 0 N–H and O–H groups in total. The number of hydrogen-bond donors (Lipinski definition) is 0. The van der Waals surface area contributed by atoms with Crippen LogP contribution in [-0.2, 0) is 0 Å². The molecular formula is C27H39N. The molecule has 1 heteroatoms. The monoisotopic (exact) mass is 377 g/mol. The van der Waals surface area contributed by atoms with Gasteiger partial charge in [0.15, 0.2) is 0 Å². The first-order valence-electron chi connectivity index (χ1n) is 11.3. The SMILES string of the molecule is CCCCC(C)(C)CC(n1c2ccccc2c2ccccc21)C(C)(C)CCC. The second-order valence-corrected chi connectivity index (χ2v) is 10.1. The second-order valence-electron chi connectivity index (χ2n) is 10.1. The molecule has 0 aliphatic heterocycles. The number of benzene rings is 2. The normalized spacial score (nSPS) is 14.1. The molecule has 28 heavy (non-hydrogen) atoms. The molecule has 0 bridgehead atoms. The van der Waals surface area contributed by atoms with Crippen molar-refractivity contribution in [2.24, 2.45) is 10.8 Å². The number of fused-ring (bicyclic) bond motifs is 3. The van der Waals surface area contributed by atoms with Gasteiger partial charge in [-0.25, -0.2) is 0 Å². The fourth-order valence-electron chi connectivity index (χ4n) is 5.10. The van der Waals surface area contributed by atoms with Crippen LogP contribution in [0.15, 0.2) is 48.5 Å². The number of aromatic nitrogens is 1. The van der Waals surface area contributed by atoms with E-state index in [4.69, 9.17) is 0 Å². The third-order valence-electron chi connectivity index (χ3n) is 6.68. The Bertz CT molecular complexity index is 859. The Morgan fingerprint density at radius 1 is 0.750 bits per heavy atom. The topological polar surface area (TPSA) is 4.93 Å². The van der Waals surface area contributed by atoms with Crippen LogP contribution in [0.2, 0.25) is 0 Å². The van der Waals surface area contributed by atoms with Crippen molar-refractivity contribution >= 4 is 21.8 Å². The van der Waals surface area contributed by atoms with Crippen molar-refractivity contribution in [3.63, 3.8) is 0 Å². The molecule has 0 saturated heterocycles. The van der Waals surface area contributed by atoms with Crippen LogP contribution in [0.5, 0.6) is 0 Å². The van der Waals surface area contributed by atoms with Crippen LogP contribution in [-0.4, -0.2) is 4.57 Å². The average Bonchev–Trinajstić information content (AvgIpc) is 2.99. The maximum Gasteiger partial charge on any atom is 0.0494 e. The Balaban J connectivity index is 2.20. The van der Waals surface area contributed by atoms with Crippen LogP contribution in [0.1, 0.15) is 86.1 Å². The number of hydrogen-bond acceptors (Lipinski definition) is 0. The summed E-state index contributed by atoms with van der Waals surface area (Å²) in [6, 6.07) is 18.5. The van der Waals surface area contributed by atoms with E-state index in [1.165, 1.54) is 60.3 Å². The predicted molar refractivity (Wildman–Crippen MR) is 125 cm³/mol. The van der Waals surface area contributed by atoms with Gasteiger partial charge in [-0.2, -0.15) is 0 Å². The maximum atomic E-state index is 2.69. The summed E-state index contributed by atoms with van der Waals surface area (Å²) in [6.07, 6.45) is 7.61. The Labute approximate surface area is 172 Å². The quantitative estimate of drug-likeness (QED) is 0.351. The fraction of sp³-hybridized carbons (Fsp3) is 0.556. The van der Waals surface area contributed by atoms with Gasteiger partial charge in [-0.1, -0.05) is 97.2 Å². The zero-order valence-corrected chi connectivity index (χ0v) is 18.9. The van der Waals surface area contributed by atoms with Crippen molar-refractivity contribution in [3.8, 4) is 0 Å². The lowest BCUT2D eigenvalue weighted by Crippen LogP contribution is -2.31. The number of para-hydroxylation sites is 2. The Morgan fingerprint density at radius 3 is 1.79 bits per heavy atom. The van der Waals surface area contributed by atoms with Gasteiger partial charge in [0.05, 0.1) is 0 Å². The van der Waals surface area contributed by atoms with Crippen LogP contribution < -0.4 is 0 Å². The molecule has 1 unspecified atom stereocenters. The molecule has 2 aromatic carbocycles. The molecule has 0 radical (unpaired) electrons. The van der Waals surface area contributed by atoms with Crippen molar-refractivity contribution in [2.45, 2.75) is 86.1 Å². The van der Waals surface area contributed by atoms with E-state index >= 15 is 0 Å². The minimum atomic E-state index is 0.253. The van der Waals surface area contributed by atoms with Crippen LogP contribution in [0.4, 0.5) is 0 Å². The maximum absolute atomic E-state index is 2.69. The van der Waals surface area contributed by atoms with E-state index in [-0.39, 0.29) is 5.41 Å². The predicted octanol–water partition coefficient (Wildman–Crippen LogP) is 8.77. The van der Waals surface area contributed by atoms with Crippen LogP contribution >= 0.6 is 0 Å². The van der Waals surface area contributed by atoms with Gasteiger partial charge in [0, 0.05) is 27.8 Å². The molecule has 1 atom stereocenters. The highest BCUT2D eigenvalue weighted by Crippen LogP contribution is 2.47. The van der Waals surface area contributed by atoms with Crippen molar-refractivity contribution in [1.29, 1.82) is 0 Å². The van der Waals surface area contributed by atoms with E-state index in [0.717, 1.165) is 0 Å². The third kappa shape index (κ3) is 4.14. The first-order chi connectivity index (χ1) is 13.3. The van der Waals surface area contributed by atoms with E-state index in [2.05, 4.69) is 94.6 Å². The summed E-state index contributed by atoms with van der Waals surface area (Å²) >= 11 is 0. The summed E-state index contributed by atoms with van der Waals surface area (Å²) in [5.41, 5.74) is 3.38. The lowest BCUT2D eigenvalue weighted by Gasteiger charge is -2.41. The van der Waals surface area contributed by atoms with Crippen LogP contribution in [0.3, 0.4) is 0 Å². The van der Waals surface area contributed by atoms with E-state index in [0.29, 0.717) is 11.5 Å². The standard InChI is InChI=1S/C27H39N/c1-7-9-19-26(3,4)20-25(27(5,6)18-8-2)28-23-16-12-10-14-21(23)22-15-11-13-17-24(22)28/h10-17,25H,7-9,18-20H2,1-6H3. The molecule has 3 aromatic rings. The first-order valence-corrected chi connectivity index (χ1v) is 11.3. The minimum absolute atomic E-state index is 0.253. The minimum Gasteiger partial charge on any atom is -0.337 e. The van der Waals surface area contributed by atoms with Crippen molar-refractivity contribution in [3.05, 3.63) is 48.5 Å². The molecule has 0 aliphatic carbocycles. The van der Waals surface area contributed by atoms with E-state index in [1.807, 2.05) is 0 Å². The molecule has 1 nitrogen and oxygen atoms in total. The third-order valence-corrected chi connectivity index (χ3v) is 6.68.